The second kappa shape index (κ2) is 10.2. The quantitative estimate of drug-likeness (QED) is 0.385. The van der Waals surface area contributed by atoms with E-state index < -0.39 is 11.9 Å². The first kappa shape index (κ1) is 23.8. The summed E-state index contributed by atoms with van der Waals surface area (Å²) in [6.07, 6.45) is 10.2. The fraction of sp³-hybridized carbons (Fsp3) is 0.500. The Bertz CT molecular complexity index is 911. The molecule has 32 heavy (non-hydrogen) atoms. The highest BCUT2D eigenvalue weighted by atomic mass is 16.5. The third-order valence-electron chi connectivity index (χ3n) is 5.74. The highest BCUT2D eigenvalue weighted by molar-refractivity contribution is 6.03. The number of allylic oxidation sites excluding steroid dienone is 4. The predicted molar refractivity (Wildman–Crippen MR) is 122 cm³/mol. The highest BCUT2D eigenvalue weighted by Gasteiger charge is 2.44. The van der Waals surface area contributed by atoms with Crippen LogP contribution in [-0.2, 0) is 19.1 Å². The van der Waals surface area contributed by atoms with Crippen LogP contribution in [-0.4, -0.2) is 49.6 Å². The fourth-order valence-corrected chi connectivity index (χ4v) is 4.46. The number of hydrogen-bond acceptors (Lipinski definition) is 8. The van der Waals surface area contributed by atoms with E-state index in [1.54, 1.807) is 13.1 Å². The van der Waals surface area contributed by atoms with Crippen LogP contribution in [0.25, 0.3) is 0 Å². The van der Waals surface area contributed by atoms with E-state index in [0.717, 1.165) is 11.3 Å². The molecule has 0 spiro atoms. The Morgan fingerprint density at radius 2 is 2.16 bits per heavy atom. The molecule has 0 fully saturated rings. The smallest absolute Gasteiger partial charge is 0.336 e. The van der Waals surface area contributed by atoms with Crippen LogP contribution in [0.3, 0.4) is 0 Å². The molecule has 2 aliphatic heterocycles. The van der Waals surface area contributed by atoms with E-state index in [-0.39, 0.29) is 24.4 Å². The molecule has 0 amide bonds. The third kappa shape index (κ3) is 5.14. The second-order valence-electron chi connectivity index (χ2n) is 8.90. The molecule has 3 rings (SSSR count). The largest absolute Gasteiger partial charge is 0.463 e. The number of dihydropyridines is 1. The van der Waals surface area contributed by atoms with Gasteiger partial charge in [0.25, 0.3) is 0 Å². The van der Waals surface area contributed by atoms with Crippen molar-refractivity contribution in [2.75, 3.05) is 32.9 Å². The lowest BCUT2D eigenvalue weighted by molar-refractivity contribution is -0.139. The molecular formula is C24H34N4O4. The van der Waals surface area contributed by atoms with Gasteiger partial charge in [-0.1, -0.05) is 19.9 Å². The predicted octanol–water partition coefficient (Wildman–Crippen LogP) is 1.83. The monoisotopic (exact) mass is 442 g/mol. The van der Waals surface area contributed by atoms with Crippen molar-refractivity contribution in [3.8, 4) is 0 Å². The minimum absolute atomic E-state index is 0.0519. The highest BCUT2D eigenvalue weighted by Crippen LogP contribution is 2.45. The van der Waals surface area contributed by atoms with Crippen molar-refractivity contribution in [1.29, 1.82) is 0 Å². The normalized spacial score (nSPS) is 22.8. The second-order valence-corrected chi connectivity index (χ2v) is 8.90. The lowest BCUT2D eigenvalue weighted by Gasteiger charge is -2.40. The van der Waals surface area contributed by atoms with Gasteiger partial charge < -0.3 is 31.2 Å². The van der Waals surface area contributed by atoms with Gasteiger partial charge in [0.2, 0.25) is 0 Å². The number of carbonyl (C=O) groups excluding carboxylic acids is 2. The van der Waals surface area contributed by atoms with E-state index in [1.807, 2.05) is 23.3 Å². The van der Waals surface area contributed by atoms with Crippen LogP contribution in [0, 0.1) is 11.3 Å². The Morgan fingerprint density at radius 3 is 2.78 bits per heavy atom. The lowest BCUT2D eigenvalue weighted by Crippen LogP contribution is -2.41. The van der Waals surface area contributed by atoms with Crippen molar-refractivity contribution in [2.24, 2.45) is 22.8 Å². The molecule has 1 atom stereocenters. The first-order valence-electron chi connectivity index (χ1n) is 11.0. The molecule has 5 N–H and O–H groups in total. The molecule has 0 aromatic rings. The van der Waals surface area contributed by atoms with Gasteiger partial charge in [-0.2, -0.15) is 0 Å². The van der Waals surface area contributed by atoms with E-state index in [9.17, 15) is 9.59 Å². The molecule has 0 saturated heterocycles. The van der Waals surface area contributed by atoms with Crippen molar-refractivity contribution >= 4 is 11.8 Å². The molecule has 174 valence electrons. The molecule has 0 aromatic heterocycles. The maximum absolute atomic E-state index is 13.3. The average Bonchev–Trinajstić information content (AvgIpc) is 2.73. The number of ether oxygens (including phenoxy) is 2. The number of carbonyl (C=O) groups is 2. The van der Waals surface area contributed by atoms with Crippen molar-refractivity contribution < 1.29 is 19.1 Å². The van der Waals surface area contributed by atoms with Crippen molar-refractivity contribution in [1.82, 2.24) is 10.2 Å². The number of esters is 1. The zero-order valence-electron chi connectivity index (χ0n) is 19.1. The summed E-state index contributed by atoms with van der Waals surface area (Å²) in [6.45, 7) is 7.68. The molecule has 0 saturated carbocycles. The van der Waals surface area contributed by atoms with Gasteiger partial charge in [0.15, 0.2) is 5.78 Å². The SMILES string of the molecule is CCOC(=O)C1=C(COCCN)NC2=C(C(=O)CC(C)(C)C2)C1C1=CCN(/C=C\N)C=C1. The lowest BCUT2D eigenvalue weighted by atomic mass is 9.68. The van der Waals surface area contributed by atoms with Crippen LogP contribution < -0.4 is 16.8 Å². The minimum Gasteiger partial charge on any atom is -0.463 e. The maximum atomic E-state index is 13.3. The molecule has 0 aromatic carbocycles. The Labute approximate surface area is 189 Å². The summed E-state index contributed by atoms with van der Waals surface area (Å²) in [5.74, 6) is -0.902. The van der Waals surface area contributed by atoms with Gasteiger partial charge in [0.05, 0.1) is 31.1 Å². The minimum atomic E-state index is -0.509. The van der Waals surface area contributed by atoms with E-state index in [0.29, 0.717) is 49.4 Å². The molecule has 8 nitrogen and oxygen atoms in total. The number of nitrogens with two attached hydrogens (primary N) is 2. The van der Waals surface area contributed by atoms with Gasteiger partial charge in [0, 0.05) is 55.3 Å². The zero-order chi connectivity index (χ0) is 23.3. The number of ketones is 1. The van der Waals surface area contributed by atoms with E-state index >= 15 is 0 Å². The van der Waals surface area contributed by atoms with Gasteiger partial charge in [-0.15, -0.1) is 0 Å². The summed E-state index contributed by atoms with van der Waals surface area (Å²) in [7, 11) is 0. The first-order chi connectivity index (χ1) is 15.3. The Morgan fingerprint density at radius 1 is 1.38 bits per heavy atom. The summed E-state index contributed by atoms with van der Waals surface area (Å²) in [5, 5.41) is 3.37. The van der Waals surface area contributed by atoms with Gasteiger partial charge in [-0.05, 0) is 30.4 Å². The summed E-state index contributed by atoms with van der Waals surface area (Å²) in [5.41, 5.74) is 14.4. The van der Waals surface area contributed by atoms with Crippen molar-refractivity contribution in [2.45, 2.75) is 33.6 Å². The Hall–Kier alpha value is -2.84. The van der Waals surface area contributed by atoms with Crippen molar-refractivity contribution in [3.63, 3.8) is 0 Å². The van der Waals surface area contributed by atoms with E-state index in [1.165, 1.54) is 6.20 Å². The van der Waals surface area contributed by atoms with Gasteiger partial charge in [-0.25, -0.2) is 4.79 Å². The summed E-state index contributed by atoms with van der Waals surface area (Å²) < 4.78 is 11.1. The molecule has 1 unspecified atom stereocenters. The van der Waals surface area contributed by atoms with Gasteiger partial charge >= 0.3 is 5.97 Å². The number of nitrogens with zero attached hydrogens (tertiary/aromatic N) is 1. The average molecular weight is 443 g/mol. The molecule has 2 heterocycles. The van der Waals surface area contributed by atoms with Crippen LogP contribution in [0.4, 0.5) is 0 Å². The van der Waals surface area contributed by atoms with Crippen LogP contribution in [0.2, 0.25) is 0 Å². The Kier molecular flexibility index (Phi) is 7.58. The van der Waals surface area contributed by atoms with Gasteiger partial charge in [-0.3, -0.25) is 4.79 Å². The van der Waals surface area contributed by atoms with Crippen LogP contribution in [0.1, 0.15) is 33.6 Å². The summed E-state index contributed by atoms with van der Waals surface area (Å²) in [4.78, 5) is 28.4. The number of hydrogen-bond donors (Lipinski definition) is 3. The molecule has 3 aliphatic rings. The van der Waals surface area contributed by atoms with E-state index in [2.05, 4.69) is 19.2 Å². The maximum Gasteiger partial charge on any atom is 0.336 e. The molecule has 8 heteroatoms. The topological polar surface area (TPSA) is 120 Å². The van der Waals surface area contributed by atoms with E-state index in [4.69, 9.17) is 20.9 Å². The Balaban J connectivity index is 2.10. The van der Waals surface area contributed by atoms with Crippen molar-refractivity contribution in [3.05, 3.63) is 58.9 Å². The number of Topliss-reactive ketones (excluding diaryl/α,β-unsaturated/α-hetero) is 1. The molecule has 0 bridgehead atoms. The summed E-state index contributed by atoms with van der Waals surface area (Å²) >= 11 is 0. The van der Waals surface area contributed by atoms with Crippen LogP contribution in [0.5, 0.6) is 0 Å². The van der Waals surface area contributed by atoms with Gasteiger partial charge in [0.1, 0.15) is 0 Å². The molecular weight excluding hydrogens is 408 g/mol. The van der Waals surface area contributed by atoms with Crippen LogP contribution in [0.15, 0.2) is 58.9 Å². The third-order valence-corrected chi connectivity index (χ3v) is 5.74. The first-order valence-corrected chi connectivity index (χ1v) is 11.0. The summed E-state index contributed by atoms with van der Waals surface area (Å²) in [6, 6.07) is 0. The number of nitrogens with one attached hydrogen (secondary N) is 1. The number of rotatable bonds is 8. The molecule has 1 aliphatic carbocycles. The standard InChI is InChI=1S/C24H34N4O4/c1-4-32-23(30)22-18(15-31-12-8-26)27-17-13-24(2,3)14-19(29)21(17)20(22)16-5-9-28(10-6-16)11-7-25/h5-7,9,11,20,27H,4,8,10,12-15,25-26H2,1-3H3/b11-7-. The molecule has 0 radical (unpaired) electrons. The zero-order valence-corrected chi connectivity index (χ0v) is 19.1. The van der Waals surface area contributed by atoms with Crippen LogP contribution >= 0.6 is 0 Å². The fourth-order valence-electron chi connectivity index (χ4n) is 4.46.